The number of halogens is 2. The lowest BCUT2D eigenvalue weighted by molar-refractivity contribution is -0.120. The van der Waals surface area contributed by atoms with Crippen LogP contribution < -0.4 is 14.4 Å². The van der Waals surface area contributed by atoms with Crippen LogP contribution in [0.2, 0.25) is 5.02 Å². The van der Waals surface area contributed by atoms with E-state index in [-0.39, 0.29) is 22.7 Å². The first-order valence-corrected chi connectivity index (χ1v) is 12.0. The third-order valence-electron chi connectivity index (χ3n) is 4.96. The van der Waals surface area contributed by atoms with Crippen molar-refractivity contribution in [3.63, 3.8) is 0 Å². The molecule has 1 unspecified atom stereocenters. The van der Waals surface area contributed by atoms with Crippen molar-refractivity contribution in [2.75, 3.05) is 24.2 Å². The van der Waals surface area contributed by atoms with Crippen LogP contribution in [0.1, 0.15) is 49.4 Å². The summed E-state index contributed by atoms with van der Waals surface area (Å²) in [6.07, 6.45) is 0.976. The summed E-state index contributed by atoms with van der Waals surface area (Å²) < 4.78 is 44.3. The van der Waals surface area contributed by atoms with E-state index in [0.29, 0.717) is 0 Å². The number of benzene rings is 2. The van der Waals surface area contributed by atoms with Gasteiger partial charge in [0.05, 0.1) is 30.1 Å². The molecule has 170 valence electrons. The summed E-state index contributed by atoms with van der Waals surface area (Å²) in [7, 11) is -2.19. The summed E-state index contributed by atoms with van der Waals surface area (Å²) in [6.45, 7) is 7.40. The minimum absolute atomic E-state index is 0.111. The van der Waals surface area contributed by atoms with Gasteiger partial charge in [-0.2, -0.15) is 0 Å². The average Bonchev–Trinajstić information content (AvgIpc) is 2.66. The molecule has 0 aliphatic carbocycles. The van der Waals surface area contributed by atoms with E-state index in [0.717, 1.165) is 39.1 Å². The highest BCUT2D eigenvalue weighted by molar-refractivity contribution is 7.92. The van der Waals surface area contributed by atoms with Gasteiger partial charge in [0, 0.05) is 0 Å². The van der Waals surface area contributed by atoms with Crippen molar-refractivity contribution in [1.29, 1.82) is 0 Å². The molecular weight excluding hydrogens is 443 g/mol. The molecule has 0 aliphatic rings. The summed E-state index contributed by atoms with van der Waals surface area (Å²) in [5.41, 5.74) is 2.98. The van der Waals surface area contributed by atoms with Crippen LogP contribution in [0.15, 0.2) is 30.3 Å². The first kappa shape index (κ1) is 24.9. The molecule has 0 saturated heterocycles. The predicted molar refractivity (Wildman–Crippen MR) is 122 cm³/mol. The highest BCUT2D eigenvalue weighted by atomic mass is 35.5. The predicted octanol–water partition coefficient (Wildman–Crippen LogP) is 4.56. The molecule has 1 amide bonds. The Labute approximate surface area is 188 Å². The minimum Gasteiger partial charge on any atom is -0.496 e. The summed E-state index contributed by atoms with van der Waals surface area (Å²) in [4.78, 5) is 12.7. The molecule has 0 fully saturated rings. The second-order valence-corrected chi connectivity index (χ2v) is 10.1. The van der Waals surface area contributed by atoms with Crippen molar-refractivity contribution >= 4 is 33.2 Å². The van der Waals surface area contributed by atoms with Crippen LogP contribution in [-0.4, -0.2) is 34.2 Å². The summed E-state index contributed by atoms with van der Waals surface area (Å²) in [5.74, 6) is -0.167. The Balaban J connectivity index is 2.27. The fraction of sp³-hybridized carbons (Fsp3) is 0.409. The van der Waals surface area contributed by atoms with E-state index in [2.05, 4.69) is 19.2 Å². The number of ether oxygens (including phenoxy) is 1. The molecule has 1 atom stereocenters. The first-order chi connectivity index (χ1) is 14.3. The number of nitrogens with one attached hydrogen (secondary N) is 1. The molecule has 0 aromatic heterocycles. The molecular formula is C22H28ClFN2O4S. The minimum atomic E-state index is -3.80. The molecule has 0 bridgehead atoms. The molecule has 2 aromatic rings. The fourth-order valence-corrected chi connectivity index (χ4v) is 4.37. The van der Waals surface area contributed by atoms with Gasteiger partial charge >= 0.3 is 0 Å². The van der Waals surface area contributed by atoms with Crippen LogP contribution in [0.5, 0.6) is 5.75 Å². The Morgan fingerprint density at radius 3 is 2.35 bits per heavy atom. The number of anilines is 1. The van der Waals surface area contributed by atoms with Gasteiger partial charge in [0.25, 0.3) is 0 Å². The number of carbonyl (C=O) groups excluding carboxylic acids is 1. The van der Waals surface area contributed by atoms with Crippen LogP contribution in [0, 0.1) is 12.7 Å². The van der Waals surface area contributed by atoms with Gasteiger partial charge in [0.1, 0.15) is 18.1 Å². The third-order valence-corrected chi connectivity index (χ3v) is 6.39. The second kappa shape index (κ2) is 9.87. The standard InChI is InChI=1S/C22H28ClFN2O4S/c1-13(2)17-11-18(14(3)9-21(17)30-5)15(4)25-22(27)12-26(31(6,28)29)16-7-8-20(24)19(23)10-16/h7-11,13,15H,12H2,1-6H3,(H,25,27). The monoisotopic (exact) mass is 470 g/mol. The SMILES string of the molecule is COc1cc(C)c(C(C)NC(=O)CN(c2ccc(F)c(Cl)c2)S(C)(=O)=O)cc1C(C)C. The van der Waals surface area contributed by atoms with Gasteiger partial charge in [-0.15, -0.1) is 0 Å². The van der Waals surface area contributed by atoms with Crippen LogP contribution in [0.3, 0.4) is 0 Å². The van der Waals surface area contributed by atoms with Crippen molar-refractivity contribution in [2.45, 2.75) is 39.7 Å². The highest BCUT2D eigenvalue weighted by Crippen LogP contribution is 2.32. The van der Waals surface area contributed by atoms with Crippen molar-refractivity contribution in [3.05, 3.63) is 57.9 Å². The van der Waals surface area contributed by atoms with Gasteiger partial charge in [-0.05, 0) is 66.8 Å². The Morgan fingerprint density at radius 2 is 1.84 bits per heavy atom. The van der Waals surface area contributed by atoms with Gasteiger partial charge in [0.15, 0.2) is 0 Å². The zero-order valence-corrected chi connectivity index (χ0v) is 20.1. The maximum Gasteiger partial charge on any atom is 0.241 e. The molecule has 0 radical (unpaired) electrons. The number of rotatable bonds is 8. The number of aryl methyl sites for hydroxylation is 1. The number of carbonyl (C=O) groups is 1. The Bertz CT molecular complexity index is 1070. The largest absolute Gasteiger partial charge is 0.496 e. The molecule has 0 aliphatic heterocycles. The van der Waals surface area contributed by atoms with Crippen molar-refractivity contribution in [3.8, 4) is 5.75 Å². The number of nitrogens with zero attached hydrogens (tertiary/aromatic N) is 1. The van der Waals surface area contributed by atoms with Crippen molar-refractivity contribution in [1.82, 2.24) is 5.32 Å². The van der Waals surface area contributed by atoms with Gasteiger partial charge in [-0.25, -0.2) is 12.8 Å². The quantitative estimate of drug-likeness (QED) is 0.613. The van der Waals surface area contributed by atoms with Gasteiger partial charge in [-0.1, -0.05) is 25.4 Å². The summed E-state index contributed by atoms with van der Waals surface area (Å²) in [6, 6.07) is 7.06. The van der Waals surface area contributed by atoms with E-state index in [4.69, 9.17) is 16.3 Å². The van der Waals surface area contributed by atoms with Gasteiger partial charge in [-0.3, -0.25) is 9.10 Å². The third kappa shape index (κ3) is 6.11. The maximum absolute atomic E-state index is 13.5. The maximum atomic E-state index is 13.5. The molecule has 2 rings (SSSR count). The lowest BCUT2D eigenvalue weighted by Gasteiger charge is -2.24. The molecule has 2 aromatic carbocycles. The second-order valence-electron chi connectivity index (χ2n) is 7.76. The molecule has 6 nitrogen and oxygen atoms in total. The van der Waals surface area contributed by atoms with Crippen LogP contribution in [0.25, 0.3) is 0 Å². The zero-order chi connectivity index (χ0) is 23.5. The Kier molecular flexibility index (Phi) is 7.94. The fourth-order valence-electron chi connectivity index (χ4n) is 3.35. The van der Waals surface area contributed by atoms with Crippen molar-refractivity contribution < 1.29 is 22.3 Å². The first-order valence-electron chi connectivity index (χ1n) is 9.75. The van der Waals surface area contributed by atoms with Gasteiger partial charge < -0.3 is 10.1 Å². The summed E-state index contributed by atoms with van der Waals surface area (Å²) in [5, 5.41) is 2.62. The lowest BCUT2D eigenvalue weighted by atomic mass is 9.93. The zero-order valence-electron chi connectivity index (χ0n) is 18.5. The smallest absolute Gasteiger partial charge is 0.241 e. The van der Waals surface area contributed by atoms with E-state index in [1.165, 1.54) is 12.1 Å². The molecule has 1 N–H and O–H groups in total. The normalized spacial score (nSPS) is 12.5. The number of methoxy groups -OCH3 is 1. The Morgan fingerprint density at radius 1 is 1.19 bits per heavy atom. The molecule has 0 heterocycles. The average molecular weight is 471 g/mol. The van der Waals surface area contributed by atoms with E-state index >= 15 is 0 Å². The molecule has 0 spiro atoms. The molecule has 31 heavy (non-hydrogen) atoms. The van der Waals surface area contributed by atoms with Crippen LogP contribution >= 0.6 is 11.6 Å². The number of amides is 1. The van der Waals surface area contributed by atoms with E-state index in [1.807, 2.05) is 26.0 Å². The number of hydrogen-bond acceptors (Lipinski definition) is 4. The number of hydrogen-bond donors (Lipinski definition) is 1. The lowest BCUT2D eigenvalue weighted by Crippen LogP contribution is -2.41. The Hall–Kier alpha value is -2.32. The van der Waals surface area contributed by atoms with E-state index in [1.54, 1.807) is 7.11 Å². The van der Waals surface area contributed by atoms with Gasteiger partial charge in [0.2, 0.25) is 15.9 Å². The molecule has 0 saturated carbocycles. The van der Waals surface area contributed by atoms with E-state index < -0.39 is 28.3 Å². The molecule has 9 heteroatoms. The van der Waals surface area contributed by atoms with Crippen LogP contribution in [-0.2, 0) is 14.8 Å². The van der Waals surface area contributed by atoms with Crippen molar-refractivity contribution in [2.24, 2.45) is 0 Å². The van der Waals surface area contributed by atoms with Crippen LogP contribution in [0.4, 0.5) is 10.1 Å². The highest BCUT2D eigenvalue weighted by Gasteiger charge is 2.23. The van der Waals surface area contributed by atoms with E-state index in [9.17, 15) is 17.6 Å². The summed E-state index contributed by atoms with van der Waals surface area (Å²) >= 11 is 5.78. The number of sulfonamides is 1. The topological polar surface area (TPSA) is 75.7 Å².